The van der Waals surface area contributed by atoms with Crippen LogP contribution in [0.4, 0.5) is 5.69 Å². The standard InChI is InChI=1S/C19H26N4O3/c1-5-6-15-11-17(21-26-15)19(24)23-7-8-25-18(12-23)16-10-14(22(3)4)9-13(2)20-16/h9-11,18H,5-8,12H2,1-4H3/t18-/m1/s1. The second-order valence-corrected chi connectivity index (χ2v) is 6.83. The number of carbonyl (C=O) groups is 1. The molecule has 140 valence electrons. The topological polar surface area (TPSA) is 71.7 Å². The van der Waals surface area contributed by atoms with E-state index >= 15 is 0 Å². The van der Waals surface area contributed by atoms with Gasteiger partial charge >= 0.3 is 0 Å². The van der Waals surface area contributed by atoms with E-state index in [2.05, 4.69) is 17.1 Å². The number of aryl methyl sites for hydroxylation is 2. The molecule has 1 aliphatic heterocycles. The molecule has 3 heterocycles. The molecule has 7 nitrogen and oxygen atoms in total. The number of nitrogens with zero attached hydrogens (tertiary/aromatic N) is 4. The minimum absolute atomic E-state index is 0.120. The number of anilines is 1. The van der Waals surface area contributed by atoms with E-state index in [4.69, 9.17) is 9.26 Å². The molecule has 1 aliphatic rings. The van der Waals surface area contributed by atoms with Crippen molar-refractivity contribution >= 4 is 11.6 Å². The van der Waals surface area contributed by atoms with Crippen molar-refractivity contribution in [3.8, 4) is 0 Å². The van der Waals surface area contributed by atoms with Gasteiger partial charge in [-0.25, -0.2) is 0 Å². The predicted molar refractivity (Wildman–Crippen MR) is 98.4 cm³/mol. The SMILES string of the molecule is CCCc1cc(C(=O)N2CCO[C@@H](c3cc(N(C)C)cc(C)n3)C2)no1. The van der Waals surface area contributed by atoms with Gasteiger partial charge in [0.15, 0.2) is 5.69 Å². The first-order valence-electron chi connectivity index (χ1n) is 9.00. The molecule has 0 N–H and O–H groups in total. The largest absolute Gasteiger partial charge is 0.378 e. The van der Waals surface area contributed by atoms with Gasteiger partial charge in [-0.2, -0.15) is 0 Å². The van der Waals surface area contributed by atoms with Crippen molar-refractivity contribution in [1.82, 2.24) is 15.0 Å². The fourth-order valence-electron chi connectivity index (χ4n) is 3.05. The molecular weight excluding hydrogens is 332 g/mol. The van der Waals surface area contributed by atoms with Gasteiger partial charge in [-0.3, -0.25) is 9.78 Å². The lowest BCUT2D eigenvalue weighted by molar-refractivity contribution is -0.0250. The lowest BCUT2D eigenvalue weighted by Gasteiger charge is -2.32. The average Bonchev–Trinajstić information content (AvgIpc) is 3.09. The van der Waals surface area contributed by atoms with Crippen molar-refractivity contribution in [2.24, 2.45) is 0 Å². The summed E-state index contributed by atoms with van der Waals surface area (Å²) < 4.78 is 11.1. The maximum atomic E-state index is 12.8. The molecule has 7 heteroatoms. The highest BCUT2D eigenvalue weighted by Gasteiger charge is 2.29. The normalized spacial score (nSPS) is 17.4. The summed E-state index contributed by atoms with van der Waals surface area (Å²) in [6, 6.07) is 5.78. The highest BCUT2D eigenvalue weighted by molar-refractivity contribution is 5.92. The number of hydrogen-bond acceptors (Lipinski definition) is 6. The number of ether oxygens (including phenoxy) is 1. The van der Waals surface area contributed by atoms with Crippen LogP contribution >= 0.6 is 0 Å². The summed E-state index contributed by atoms with van der Waals surface area (Å²) in [6.07, 6.45) is 1.50. The van der Waals surface area contributed by atoms with E-state index in [1.807, 2.05) is 38.1 Å². The number of amides is 1. The van der Waals surface area contributed by atoms with E-state index in [1.54, 1.807) is 11.0 Å². The molecule has 0 spiro atoms. The molecule has 2 aromatic heterocycles. The van der Waals surface area contributed by atoms with Gasteiger partial charge in [-0.15, -0.1) is 0 Å². The van der Waals surface area contributed by atoms with Crippen LogP contribution in [0.5, 0.6) is 0 Å². The Kier molecular flexibility index (Phi) is 5.56. The molecule has 1 fully saturated rings. The first-order valence-corrected chi connectivity index (χ1v) is 9.00. The molecule has 0 unspecified atom stereocenters. The molecule has 0 aliphatic carbocycles. The Bertz CT molecular complexity index is 772. The Morgan fingerprint density at radius 3 is 2.88 bits per heavy atom. The Morgan fingerprint density at radius 1 is 1.35 bits per heavy atom. The molecule has 0 radical (unpaired) electrons. The minimum Gasteiger partial charge on any atom is -0.378 e. The molecule has 0 saturated carbocycles. The fourth-order valence-corrected chi connectivity index (χ4v) is 3.05. The van der Waals surface area contributed by atoms with E-state index in [1.165, 1.54) is 0 Å². The molecule has 26 heavy (non-hydrogen) atoms. The Labute approximate surface area is 153 Å². The van der Waals surface area contributed by atoms with Crippen LogP contribution in [-0.4, -0.2) is 54.7 Å². The van der Waals surface area contributed by atoms with Crippen LogP contribution in [0.25, 0.3) is 0 Å². The maximum absolute atomic E-state index is 12.8. The summed E-state index contributed by atoms with van der Waals surface area (Å²) in [5.74, 6) is 0.626. The quantitative estimate of drug-likeness (QED) is 0.818. The average molecular weight is 358 g/mol. The van der Waals surface area contributed by atoms with E-state index in [9.17, 15) is 4.79 Å². The molecule has 0 aromatic carbocycles. The Balaban J connectivity index is 1.75. The van der Waals surface area contributed by atoms with Crippen molar-refractivity contribution in [3.05, 3.63) is 41.0 Å². The van der Waals surface area contributed by atoms with Crippen LogP contribution in [0.1, 0.15) is 47.1 Å². The fraction of sp³-hybridized carbons (Fsp3) is 0.526. The summed E-state index contributed by atoms with van der Waals surface area (Å²) in [5, 5.41) is 3.93. The maximum Gasteiger partial charge on any atom is 0.276 e. The summed E-state index contributed by atoms with van der Waals surface area (Å²) in [4.78, 5) is 21.2. The third-order valence-corrected chi connectivity index (χ3v) is 4.43. The number of rotatable bonds is 5. The second-order valence-electron chi connectivity index (χ2n) is 6.83. The van der Waals surface area contributed by atoms with Crippen molar-refractivity contribution in [2.75, 3.05) is 38.7 Å². The first-order chi connectivity index (χ1) is 12.5. The van der Waals surface area contributed by atoms with Crippen molar-refractivity contribution < 1.29 is 14.1 Å². The summed E-state index contributed by atoms with van der Waals surface area (Å²) in [7, 11) is 3.99. The van der Waals surface area contributed by atoms with Gasteiger partial charge in [0.05, 0.1) is 18.8 Å². The zero-order valence-electron chi connectivity index (χ0n) is 15.9. The second kappa shape index (κ2) is 7.86. The van der Waals surface area contributed by atoms with Crippen LogP contribution in [0, 0.1) is 6.92 Å². The van der Waals surface area contributed by atoms with Crippen LogP contribution in [0.3, 0.4) is 0 Å². The zero-order valence-corrected chi connectivity index (χ0v) is 15.9. The lowest BCUT2D eigenvalue weighted by atomic mass is 10.1. The van der Waals surface area contributed by atoms with Crippen LogP contribution < -0.4 is 4.90 Å². The predicted octanol–water partition coefficient (Wildman–Crippen LogP) is 2.61. The van der Waals surface area contributed by atoms with Gasteiger partial charge in [0, 0.05) is 44.5 Å². The number of morpholine rings is 1. The summed E-state index contributed by atoms with van der Waals surface area (Å²) in [6.45, 7) is 5.50. The third-order valence-electron chi connectivity index (χ3n) is 4.43. The number of carbonyl (C=O) groups excluding carboxylic acids is 1. The van der Waals surface area contributed by atoms with E-state index in [0.29, 0.717) is 25.4 Å². The smallest absolute Gasteiger partial charge is 0.276 e. The van der Waals surface area contributed by atoms with E-state index < -0.39 is 0 Å². The van der Waals surface area contributed by atoms with Crippen LogP contribution in [-0.2, 0) is 11.2 Å². The van der Waals surface area contributed by atoms with Gasteiger partial charge in [0.1, 0.15) is 11.9 Å². The van der Waals surface area contributed by atoms with Gasteiger partial charge in [-0.05, 0) is 25.5 Å². The monoisotopic (exact) mass is 358 g/mol. The molecule has 1 saturated heterocycles. The van der Waals surface area contributed by atoms with Crippen LogP contribution in [0.15, 0.2) is 22.7 Å². The Hall–Kier alpha value is -2.41. The van der Waals surface area contributed by atoms with Crippen molar-refractivity contribution in [1.29, 1.82) is 0 Å². The molecule has 1 atom stereocenters. The summed E-state index contributed by atoms with van der Waals surface area (Å²) >= 11 is 0. The molecular formula is C19H26N4O3. The molecule has 0 bridgehead atoms. The highest BCUT2D eigenvalue weighted by atomic mass is 16.5. The zero-order chi connectivity index (χ0) is 18.7. The molecule has 1 amide bonds. The lowest BCUT2D eigenvalue weighted by Crippen LogP contribution is -2.42. The van der Waals surface area contributed by atoms with E-state index in [-0.39, 0.29) is 12.0 Å². The van der Waals surface area contributed by atoms with Crippen molar-refractivity contribution in [2.45, 2.75) is 32.8 Å². The van der Waals surface area contributed by atoms with Gasteiger partial charge < -0.3 is 19.1 Å². The molecule has 2 aromatic rings. The minimum atomic E-state index is -0.242. The molecule has 3 rings (SSSR count). The number of aromatic nitrogens is 2. The van der Waals surface area contributed by atoms with E-state index in [0.717, 1.165) is 35.7 Å². The summed E-state index contributed by atoms with van der Waals surface area (Å²) in [5.41, 5.74) is 3.21. The number of pyridine rings is 1. The number of hydrogen-bond donors (Lipinski definition) is 0. The highest BCUT2D eigenvalue weighted by Crippen LogP contribution is 2.25. The third kappa shape index (κ3) is 4.04. The van der Waals surface area contributed by atoms with Crippen LogP contribution in [0.2, 0.25) is 0 Å². The first kappa shape index (κ1) is 18.4. The van der Waals surface area contributed by atoms with Crippen molar-refractivity contribution in [3.63, 3.8) is 0 Å². The van der Waals surface area contributed by atoms with Gasteiger partial charge in [-0.1, -0.05) is 12.1 Å². The Morgan fingerprint density at radius 2 is 2.15 bits per heavy atom. The van der Waals surface area contributed by atoms with Gasteiger partial charge in [0.25, 0.3) is 5.91 Å². The van der Waals surface area contributed by atoms with Gasteiger partial charge in [0.2, 0.25) is 0 Å².